The molecule has 0 saturated carbocycles. The minimum Gasteiger partial charge on any atom is -0.379 e. The highest BCUT2D eigenvalue weighted by molar-refractivity contribution is 7.99. The summed E-state index contributed by atoms with van der Waals surface area (Å²) in [4.78, 5) is 10.8. The van der Waals surface area contributed by atoms with E-state index in [2.05, 4.69) is 27.4 Å². The number of guanidine groups is 1. The van der Waals surface area contributed by atoms with Crippen molar-refractivity contribution in [2.75, 3.05) is 57.4 Å². The highest BCUT2D eigenvalue weighted by atomic mass is 32.2. The maximum Gasteiger partial charge on any atom is 0.191 e. The van der Waals surface area contributed by atoms with Gasteiger partial charge in [0.15, 0.2) is 5.96 Å². The molecule has 4 rings (SSSR count). The standard InChI is InChI=1S/C22H32FN5OS/c1-2-24-21(25-7-5-17-14-26-20-4-3-18(23)13-19(17)20)27-15-22(6-12-30-16-22)28-8-10-29-11-9-28/h3-4,13-14,26H,2,5-12,15-16H2,1H3,(H2,24,25,27). The van der Waals surface area contributed by atoms with E-state index in [9.17, 15) is 4.39 Å². The third kappa shape index (κ3) is 4.92. The number of rotatable bonds is 7. The van der Waals surface area contributed by atoms with E-state index in [1.165, 1.54) is 18.2 Å². The molecule has 164 valence electrons. The predicted molar refractivity (Wildman–Crippen MR) is 123 cm³/mol. The Labute approximate surface area is 182 Å². The number of ether oxygens (including phenoxy) is 1. The van der Waals surface area contributed by atoms with E-state index in [1.807, 2.05) is 18.0 Å². The molecule has 2 saturated heterocycles. The second kappa shape index (κ2) is 10.0. The Kier molecular flexibility index (Phi) is 7.17. The smallest absolute Gasteiger partial charge is 0.191 e. The van der Waals surface area contributed by atoms with Gasteiger partial charge in [-0.1, -0.05) is 0 Å². The Morgan fingerprint density at radius 1 is 1.33 bits per heavy atom. The van der Waals surface area contributed by atoms with Gasteiger partial charge in [-0.15, -0.1) is 0 Å². The maximum atomic E-state index is 13.6. The Hall–Kier alpha value is -1.77. The van der Waals surface area contributed by atoms with Crippen molar-refractivity contribution in [3.8, 4) is 0 Å². The summed E-state index contributed by atoms with van der Waals surface area (Å²) in [7, 11) is 0. The molecule has 2 aliphatic rings. The molecule has 0 radical (unpaired) electrons. The molecular weight excluding hydrogens is 401 g/mol. The van der Waals surface area contributed by atoms with Crippen LogP contribution in [0.2, 0.25) is 0 Å². The molecule has 1 unspecified atom stereocenters. The van der Waals surface area contributed by atoms with Crippen molar-refractivity contribution in [1.82, 2.24) is 20.5 Å². The summed E-state index contributed by atoms with van der Waals surface area (Å²) in [5, 5.41) is 7.79. The van der Waals surface area contributed by atoms with E-state index in [1.54, 1.807) is 12.1 Å². The zero-order chi connectivity index (χ0) is 20.8. The third-order valence-electron chi connectivity index (χ3n) is 6.06. The molecule has 2 aromatic rings. The van der Waals surface area contributed by atoms with Crippen LogP contribution >= 0.6 is 11.8 Å². The number of benzene rings is 1. The van der Waals surface area contributed by atoms with Gasteiger partial charge < -0.3 is 20.4 Å². The van der Waals surface area contributed by atoms with Crippen molar-refractivity contribution in [2.45, 2.75) is 25.3 Å². The molecule has 1 aromatic carbocycles. The molecular formula is C22H32FN5OS. The van der Waals surface area contributed by atoms with Crippen LogP contribution in [0.25, 0.3) is 10.9 Å². The second-order valence-electron chi connectivity index (χ2n) is 8.00. The van der Waals surface area contributed by atoms with Crippen LogP contribution in [-0.4, -0.2) is 78.8 Å². The molecule has 0 aliphatic carbocycles. The highest BCUT2D eigenvalue weighted by Crippen LogP contribution is 2.34. The number of fused-ring (bicyclic) bond motifs is 1. The van der Waals surface area contributed by atoms with Crippen LogP contribution in [0.3, 0.4) is 0 Å². The van der Waals surface area contributed by atoms with Gasteiger partial charge in [0.05, 0.1) is 25.3 Å². The average Bonchev–Trinajstić information content (AvgIpc) is 3.41. The number of halogens is 1. The first-order valence-electron chi connectivity index (χ1n) is 10.9. The first-order chi connectivity index (χ1) is 14.7. The molecule has 1 aromatic heterocycles. The lowest BCUT2D eigenvalue weighted by atomic mass is 9.96. The highest BCUT2D eigenvalue weighted by Gasteiger charge is 2.40. The Morgan fingerprint density at radius 3 is 2.97 bits per heavy atom. The van der Waals surface area contributed by atoms with Gasteiger partial charge in [-0.3, -0.25) is 9.89 Å². The van der Waals surface area contributed by atoms with Crippen LogP contribution in [0.5, 0.6) is 0 Å². The van der Waals surface area contributed by atoms with Crippen LogP contribution in [0.1, 0.15) is 18.9 Å². The van der Waals surface area contributed by atoms with Crippen molar-refractivity contribution in [3.05, 3.63) is 35.8 Å². The van der Waals surface area contributed by atoms with Crippen molar-refractivity contribution in [3.63, 3.8) is 0 Å². The topological polar surface area (TPSA) is 64.7 Å². The largest absolute Gasteiger partial charge is 0.379 e. The number of thioether (sulfide) groups is 1. The first-order valence-corrected chi connectivity index (χ1v) is 12.0. The van der Waals surface area contributed by atoms with Crippen LogP contribution in [0.15, 0.2) is 29.4 Å². The SMILES string of the molecule is CCNC(=NCC1(N2CCOCC2)CCSC1)NCCc1c[nH]c2ccc(F)cc12. The van der Waals surface area contributed by atoms with Gasteiger partial charge in [-0.2, -0.15) is 11.8 Å². The molecule has 6 nitrogen and oxygen atoms in total. The maximum absolute atomic E-state index is 13.6. The number of aromatic amines is 1. The van der Waals surface area contributed by atoms with E-state index in [0.717, 1.165) is 80.5 Å². The molecule has 0 bridgehead atoms. The molecule has 3 N–H and O–H groups in total. The molecule has 1 atom stereocenters. The molecule has 2 fully saturated rings. The normalized spacial score (nSPS) is 23.2. The van der Waals surface area contributed by atoms with Gasteiger partial charge in [-0.25, -0.2) is 4.39 Å². The summed E-state index contributed by atoms with van der Waals surface area (Å²) in [6, 6.07) is 4.88. The Bertz CT molecular complexity index is 858. The fourth-order valence-electron chi connectivity index (χ4n) is 4.35. The van der Waals surface area contributed by atoms with Gasteiger partial charge in [0.25, 0.3) is 0 Å². The molecule has 3 heterocycles. The van der Waals surface area contributed by atoms with E-state index in [4.69, 9.17) is 9.73 Å². The average molecular weight is 434 g/mol. The zero-order valence-corrected chi connectivity index (χ0v) is 18.5. The number of aromatic nitrogens is 1. The fourth-order valence-corrected chi connectivity index (χ4v) is 5.82. The Morgan fingerprint density at radius 2 is 2.20 bits per heavy atom. The van der Waals surface area contributed by atoms with Crippen LogP contribution in [0, 0.1) is 5.82 Å². The van der Waals surface area contributed by atoms with Crippen LogP contribution < -0.4 is 10.6 Å². The van der Waals surface area contributed by atoms with E-state index in [0.29, 0.717) is 0 Å². The summed E-state index contributed by atoms with van der Waals surface area (Å²) in [5.74, 6) is 2.99. The van der Waals surface area contributed by atoms with E-state index < -0.39 is 0 Å². The van der Waals surface area contributed by atoms with Crippen molar-refractivity contribution in [2.24, 2.45) is 4.99 Å². The van der Waals surface area contributed by atoms with Gasteiger partial charge >= 0.3 is 0 Å². The fraction of sp³-hybridized carbons (Fsp3) is 0.591. The number of hydrogen-bond donors (Lipinski definition) is 3. The number of aliphatic imine (C=N–C) groups is 1. The number of nitrogens with one attached hydrogen (secondary N) is 3. The zero-order valence-electron chi connectivity index (χ0n) is 17.7. The third-order valence-corrected chi connectivity index (χ3v) is 7.29. The lowest BCUT2D eigenvalue weighted by Crippen LogP contribution is -2.56. The van der Waals surface area contributed by atoms with Crippen LogP contribution in [-0.2, 0) is 11.2 Å². The summed E-state index contributed by atoms with van der Waals surface area (Å²) in [5.41, 5.74) is 2.23. The minimum absolute atomic E-state index is 0.144. The van der Waals surface area contributed by atoms with Gasteiger partial charge in [0.2, 0.25) is 0 Å². The number of morpholine rings is 1. The van der Waals surface area contributed by atoms with Crippen molar-refractivity contribution < 1.29 is 9.13 Å². The molecule has 0 spiro atoms. The van der Waals surface area contributed by atoms with Gasteiger partial charge in [-0.05, 0) is 49.3 Å². The van der Waals surface area contributed by atoms with Crippen molar-refractivity contribution in [1.29, 1.82) is 0 Å². The summed E-state index contributed by atoms with van der Waals surface area (Å²) >= 11 is 2.03. The van der Waals surface area contributed by atoms with Gasteiger partial charge in [0.1, 0.15) is 5.82 Å². The first kappa shape index (κ1) is 21.5. The van der Waals surface area contributed by atoms with E-state index >= 15 is 0 Å². The molecule has 30 heavy (non-hydrogen) atoms. The lowest BCUT2D eigenvalue weighted by Gasteiger charge is -2.42. The summed E-state index contributed by atoms with van der Waals surface area (Å²) < 4.78 is 19.2. The van der Waals surface area contributed by atoms with Crippen LogP contribution in [0.4, 0.5) is 4.39 Å². The molecule has 2 aliphatic heterocycles. The quantitative estimate of drug-likeness (QED) is 0.463. The Balaban J connectivity index is 1.38. The summed E-state index contributed by atoms with van der Waals surface area (Å²) in [6.45, 7) is 8.09. The number of hydrogen-bond acceptors (Lipinski definition) is 4. The predicted octanol–water partition coefficient (Wildman–Crippen LogP) is 2.61. The van der Waals surface area contributed by atoms with Crippen molar-refractivity contribution >= 4 is 28.6 Å². The monoisotopic (exact) mass is 433 g/mol. The number of H-pyrrole nitrogens is 1. The number of nitrogens with zero attached hydrogens (tertiary/aromatic N) is 2. The molecule has 0 amide bonds. The van der Waals surface area contributed by atoms with E-state index in [-0.39, 0.29) is 11.4 Å². The van der Waals surface area contributed by atoms with Gasteiger partial charge in [0, 0.05) is 49.0 Å². The lowest BCUT2D eigenvalue weighted by molar-refractivity contribution is -0.0104. The summed E-state index contributed by atoms with van der Waals surface area (Å²) in [6.07, 6.45) is 3.96. The minimum atomic E-state index is -0.200. The second-order valence-corrected chi connectivity index (χ2v) is 9.11. The molecule has 8 heteroatoms.